The Morgan fingerprint density at radius 1 is 1.27 bits per heavy atom. The van der Waals surface area contributed by atoms with Crippen LogP contribution < -0.4 is 15.8 Å². The molecule has 1 heterocycles. The second kappa shape index (κ2) is 8.47. The maximum Gasteiger partial charge on any atom is 0.239 e. The number of carbonyl (C=O) groups excluding carboxylic acids is 1. The van der Waals surface area contributed by atoms with Gasteiger partial charge in [0.2, 0.25) is 5.91 Å². The number of fused-ring (bicyclic) bond motifs is 1. The number of ether oxygens (including phenoxy) is 2. The van der Waals surface area contributed by atoms with E-state index in [4.69, 9.17) is 15.2 Å². The Kier molecular flexibility index (Phi) is 6.06. The molecule has 0 bridgehead atoms. The van der Waals surface area contributed by atoms with Gasteiger partial charge in [-0.25, -0.2) is 0 Å². The first kappa shape index (κ1) is 18.6. The highest BCUT2D eigenvalue weighted by atomic mass is 16.5. The van der Waals surface area contributed by atoms with Crippen molar-refractivity contribution in [2.75, 3.05) is 7.11 Å². The van der Waals surface area contributed by atoms with E-state index in [9.17, 15) is 4.79 Å². The number of amides is 1. The topological polar surface area (TPSA) is 86.5 Å². The smallest absolute Gasteiger partial charge is 0.239 e. The highest BCUT2D eigenvalue weighted by molar-refractivity contribution is 5.82. The largest absolute Gasteiger partial charge is 0.490 e. The molecule has 0 aliphatic heterocycles. The van der Waals surface area contributed by atoms with Gasteiger partial charge >= 0.3 is 0 Å². The molecule has 1 aromatic heterocycles. The molecule has 2 aromatic rings. The SMILES string of the molecule is CO[C@H](C)[C@H](N)C(=O)NC1CCC(Oc2ccc3ncccc3c2)CC1. The maximum atomic E-state index is 12.2. The lowest BCUT2D eigenvalue weighted by atomic mass is 9.92. The van der Waals surface area contributed by atoms with Crippen LogP contribution in [0.5, 0.6) is 5.75 Å². The van der Waals surface area contributed by atoms with E-state index in [-0.39, 0.29) is 24.2 Å². The highest BCUT2D eigenvalue weighted by Gasteiger charge is 2.27. The van der Waals surface area contributed by atoms with E-state index in [1.165, 1.54) is 0 Å². The maximum absolute atomic E-state index is 12.2. The molecule has 140 valence electrons. The Bertz CT molecular complexity index is 744. The molecule has 0 unspecified atom stereocenters. The third-order valence-electron chi connectivity index (χ3n) is 5.08. The number of nitrogens with one attached hydrogen (secondary N) is 1. The van der Waals surface area contributed by atoms with Crippen LogP contribution in [0.25, 0.3) is 10.9 Å². The third kappa shape index (κ3) is 4.51. The minimum atomic E-state index is -0.639. The summed E-state index contributed by atoms with van der Waals surface area (Å²) in [6.07, 6.45) is 5.26. The highest BCUT2D eigenvalue weighted by Crippen LogP contribution is 2.26. The van der Waals surface area contributed by atoms with Crippen molar-refractivity contribution in [3.63, 3.8) is 0 Å². The quantitative estimate of drug-likeness (QED) is 0.829. The first-order valence-corrected chi connectivity index (χ1v) is 9.17. The van der Waals surface area contributed by atoms with Gasteiger partial charge in [0.25, 0.3) is 0 Å². The molecule has 6 heteroatoms. The van der Waals surface area contributed by atoms with Gasteiger partial charge in [0.1, 0.15) is 11.8 Å². The van der Waals surface area contributed by atoms with Crippen LogP contribution in [0.1, 0.15) is 32.6 Å². The molecule has 3 N–H and O–H groups in total. The summed E-state index contributed by atoms with van der Waals surface area (Å²) in [7, 11) is 1.56. The van der Waals surface area contributed by atoms with E-state index in [0.29, 0.717) is 0 Å². The molecule has 6 nitrogen and oxygen atoms in total. The normalized spacial score (nSPS) is 22.6. The van der Waals surface area contributed by atoms with Crippen LogP contribution in [0.2, 0.25) is 0 Å². The summed E-state index contributed by atoms with van der Waals surface area (Å²) in [6, 6.07) is 9.45. The van der Waals surface area contributed by atoms with E-state index in [1.54, 1.807) is 20.2 Å². The summed E-state index contributed by atoms with van der Waals surface area (Å²) in [4.78, 5) is 16.5. The van der Waals surface area contributed by atoms with Crippen LogP contribution in [0.15, 0.2) is 36.5 Å². The molecule has 1 saturated carbocycles. The molecule has 3 rings (SSSR count). The number of aromatic nitrogens is 1. The van der Waals surface area contributed by atoms with E-state index in [1.807, 2.05) is 30.3 Å². The van der Waals surface area contributed by atoms with Crippen LogP contribution in [-0.4, -0.2) is 42.3 Å². The van der Waals surface area contributed by atoms with E-state index < -0.39 is 6.04 Å². The van der Waals surface area contributed by atoms with Gasteiger partial charge in [0.05, 0.1) is 17.7 Å². The van der Waals surface area contributed by atoms with Gasteiger partial charge in [-0.2, -0.15) is 0 Å². The standard InChI is InChI=1S/C20H27N3O3/c1-13(25-2)19(21)20(24)23-15-5-7-16(8-6-15)26-17-9-10-18-14(12-17)4-3-11-22-18/h3-4,9-13,15-16,19H,5-8,21H2,1-2H3,(H,23,24)/t13-,15?,16?,19+/m1/s1. The van der Waals surface area contributed by atoms with Gasteiger partial charge < -0.3 is 20.5 Å². The van der Waals surface area contributed by atoms with Crippen molar-refractivity contribution in [1.29, 1.82) is 0 Å². The fourth-order valence-electron chi connectivity index (χ4n) is 3.30. The fraction of sp³-hybridized carbons (Fsp3) is 0.500. The summed E-state index contributed by atoms with van der Waals surface area (Å²) < 4.78 is 11.3. The van der Waals surface area contributed by atoms with Gasteiger partial charge in [0.15, 0.2) is 0 Å². The molecule has 0 radical (unpaired) electrons. The first-order valence-electron chi connectivity index (χ1n) is 9.17. The summed E-state index contributed by atoms with van der Waals surface area (Å²) >= 11 is 0. The van der Waals surface area contributed by atoms with Gasteiger partial charge in [-0.3, -0.25) is 9.78 Å². The average molecular weight is 357 g/mol. The molecule has 0 spiro atoms. The lowest BCUT2D eigenvalue weighted by Crippen LogP contribution is -2.51. The predicted octanol–water partition coefficient (Wildman–Crippen LogP) is 2.40. The first-order chi connectivity index (χ1) is 12.6. The summed E-state index contributed by atoms with van der Waals surface area (Å²) in [5.41, 5.74) is 6.86. The lowest BCUT2D eigenvalue weighted by molar-refractivity contribution is -0.126. The van der Waals surface area contributed by atoms with Crippen molar-refractivity contribution < 1.29 is 14.3 Å². The number of nitrogens with zero attached hydrogens (tertiary/aromatic N) is 1. The molecular weight excluding hydrogens is 330 g/mol. The van der Waals surface area contributed by atoms with Gasteiger partial charge in [0, 0.05) is 24.7 Å². The fourth-order valence-corrected chi connectivity index (χ4v) is 3.30. The van der Waals surface area contributed by atoms with Crippen molar-refractivity contribution >= 4 is 16.8 Å². The summed E-state index contributed by atoms with van der Waals surface area (Å²) in [5, 5.41) is 4.11. The Balaban J connectivity index is 1.49. The molecule has 1 amide bonds. The molecule has 2 atom stereocenters. The zero-order valence-electron chi connectivity index (χ0n) is 15.4. The molecule has 1 aromatic carbocycles. The molecule has 0 saturated heterocycles. The molecule has 1 aliphatic rings. The zero-order valence-corrected chi connectivity index (χ0v) is 15.4. The van der Waals surface area contributed by atoms with Crippen molar-refractivity contribution in [3.05, 3.63) is 36.5 Å². The second-order valence-electron chi connectivity index (χ2n) is 6.92. The number of pyridine rings is 1. The number of rotatable bonds is 6. The number of benzene rings is 1. The monoisotopic (exact) mass is 357 g/mol. The van der Waals surface area contributed by atoms with Crippen LogP contribution in [0, 0.1) is 0 Å². The predicted molar refractivity (Wildman–Crippen MR) is 101 cm³/mol. The molecular formula is C20H27N3O3. The molecule has 1 fully saturated rings. The van der Waals surface area contributed by atoms with E-state index in [0.717, 1.165) is 42.3 Å². The van der Waals surface area contributed by atoms with Gasteiger partial charge in [-0.1, -0.05) is 6.07 Å². The van der Waals surface area contributed by atoms with Crippen LogP contribution >= 0.6 is 0 Å². The van der Waals surface area contributed by atoms with Crippen LogP contribution in [0.3, 0.4) is 0 Å². The minimum absolute atomic E-state index is 0.147. The van der Waals surface area contributed by atoms with Gasteiger partial charge in [-0.05, 0) is 56.9 Å². The van der Waals surface area contributed by atoms with Crippen LogP contribution in [-0.2, 0) is 9.53 Å². The van der Waals surface area contributed by atoms with Crippen molar-refractivity contribution in [2.24, 2.45) is 5.73 Å². The van der Waals surface area contributed by atoms with Gasteiger partial charge in [-0.15, -0.1) is 0 Å². The minimum Gasteiger partial charge on any atom is -0.490 e. The summed E-state index contributed by atoms with van der Waals surface area (Å²) in [6.45, 7) is 1.80. The summed E-state index contributed by atoms with van der Waals surface area (Å²) in [5.74, 6) is 0.722. The Morgan fingerprint density at radius 3 is 2.77 bits per heavy atom. The Hall–Kier alpha value is -2.18. The number of hydrogen-bond acceptors (Lipinski definition) is 5. The Labute approximate surface area is 154 Å². The van der Waals surface area contributed by atoms with Crippen LogP contribution in [0.4, 0.5) is 0 Å². The van der Waals surface area contributed by atoms with E-state index in [2.05, 4.69) is 10.3 Å². The van der Waals surface area contributed by atoms with Crippen molar-refractivity contribution in [2.45, 2.75) is 56.9 Å². The second-order valence-corrected chi connectivity index (χ2v) is 6.92. The molecule has 26 heavy (non-hydrogen) atoms. The molecule has 1 aliphatic carbocycles. The van der Waals surface area contributed by atoms with E-state index >= 15 is 0 Å². The zero-order chi connectivity index (χ0) is 18.5. The lowest BCUT2D eigenvalue weighted by Gasteiger charge is -2.30. The third-order valence-corrected chi connectivity index (χ3v) is 5.08. The average Bonchev–Trinajstić information content (AvgIpc) is 2.68. The number of carbonyl (C=O) groups is 1. The number of hydrogen-bond donors (Lipinski definition) is 2. The Morgan fingerprint density at radius 2 is 2.04 bits per heavy atom. The number of methoxy groups -OCH3 is 1. The van der Waals surface area contributed by atoms with Crippen molar-refractivity contribution in [3.8, 4) is 5.75 Å². The van der Waals surface area contributed by atoms with Crippen molar-refractivity contribution in [1.82, 2.24) is 10.3 Å². The number of nitrogens with two attached hydrogens (primary N) is 1.